The minimum absolute atomic E-state index is 0.107. The van der Waals surface area contributed by atoms with Crippen molar-refractivity contribution >= 4 is 5.91 Å². The second-order valence-electron chi connectivity index (χ2n) is 4.49. The first kappa shape index (κ1) is 14.3. The summed E-state index contributed by atoms with van der Waals surface area (Å²) in [5.41, 5.74) is 1.48. The van der Waals surface area contributed by atoms with Gasteiger partial charge in [0.1, 0.15) is 5.69 Å². The monoisotopic (exact) mass is 272 g/mol. The van der Waals surface area contributed by atoms with E-state index in [1.165, 1.54) is 0 Å². The van der Waals surface area contributed by atoms with Crippen molar-refractivity contribution in [3.63, 3.8) is 0 Å². The van der Waals surface area contributed by atoms with Crippen LogP contribution in [0.25, 0.3) is 5.69 Å². The van der Waals surface area contributed by atoms with Gasteiger partial charge in [-0.2, -0.15) is 0 Å². The topological polar surface area (TPSA) is 58.9 Å². The SMILES string of the molecule is CCCNCCNC(=O)c1cncn1-c1ccccc1. The number of amides is 1. The van der Waals surface area contributed by atoms with Gasteiger partial charge >= 0.3 is 0 Å². The molecule has 0 atom stereocenters. The molecule has 0 saturated heterocycles. The third kappa shape index (κ3) is 3.68. The van der Waals surface area contributed by atoms with Gasteiger partial charge < -0.3 is 10.6 Å². The lowest BCUT2D eigenvalue weighted by Crippen LogP contribution is -2.33. The van der Waals surface area contributed by atoms with E-state index >= 15 is 0 Å². The molecule has 2 aromatic rings. The lowest BCUT2D eigenvalue weighted by molar-refractivity contribution is 0.0947. The second-order valence-corrected chi connectivity index (χ2v) is 4.49. The Balaban J connectivity index is 1.96. The molecular weight excluding hydrogens is 252 g/mol. The number of rotatable bonds is 7. The van der Waals surface area contributed by atoms with Gasteiger partial charge in [-0.3, -0.25) is 9.36 Å². The van der Waals surface area contributed by atoms with Gasteiger partial charge in [-0.1, -0.05) is 25.1 Å². The zero-order valence-electron chi connectivity index (χ0n) is 11.7. The summed E-state index contributed by atoms with van der Waals surface area (Å²) < 4.78 is 1.79. The van der Waals surface area contributed by atoms with Gasteiger partial charge in [-0.15, -0.1) is 0 Å². The number of para-hydroxylation sites is 1. The van der Waals surface area contributed by atoms with E-state index in [1.54, 1.807) is 17.1 Å². The standard InChI is InChI=1S/C15H20N4O/c1-2-8-16-9-10-18-15(20)14-11-17-12-19(14)13-6-4-3-5-7-13/h3-7,11-12,16H,2,8-10H2,1H3,(H,18,20). The molecule has 0 spiro atoms. The van der Waals surface area contributed by atoms with Crippen LogP contribution < -0.4 is 10.6 Å². The molecule has 1 aromatic heterocycles. The molecule has 0 saturated carbocycles. The number of hydrogen-bond donors (Lipinski definition) is 2. The lowest BCUT2D eigenvalue weighted by atomic mass is 10.3. The molecule has 0 radical (unpaired) electrons. The number of nitrogens with one attached hydrogen (secondary N) is 2. The predicted molar refractivity (Wildman–Crippen MR) is 79.1 cm³/mol. The van der Waals surface area contributed by atoms with Crippen LogP contribution in [0.2, 0.25) is 0 Å². The first-order chi connectivity index (χ1) is 9.83. The first-order valence-electron chi connectivity index (χ1n) is 6.89. The maximum Gasteiger partial charge on any atom is 0.269 e. The van der Waals surface area contributed by atoms with Crippen molar-refractivity contribution in [1.82, 2.24) is 20.2 Å². The summed E-state index contributed by atoms with van der Waals surface area (Å²) >= 11 is 0. The fraction of sp³-hybridized carbons (Fsp3) is 0.333. The Morgan fingerprint density at radius 1 is 1.20 bits per heavy atom. The number of nitrogens with zero attached hydrogens (tertiary/aromatic N) is 2. The molecular formula is C15H20N4O. The smallest absolute Gasteiger partial charge is 0.269 e. The van der Waals surface area contributed by atoms with Crippen molar-refractivity contribution in [3.8, 4) is 5.69 Å². The molecule has 106 valence electrons. The Labute approximate surface area is 119 Å². The zero-order chi connectivity index (χ0) is 14.2. The lowest BCUT2D eigenvalue weighted by Gasteiger charge is -2.09. The molecule has 5 nitrogen and oxygen atoms in total. The molecule has 5 heteroatoms. The van der Waals surface area contributed by atoms with Gasteiger partial charge in [0, 0.05) is 18.8 Å². The summed E-state index contributed by atoms with van der Waals surface area (Å²) in [6.45, 7) is 4.47. The molecule has 2 N–H and O–H groups in total. The van der Waals surface area contributed by atoms with Crippen LogP contribution in [0.15, 0.2) is 42.9 Å². The summed E-state index contributed by atoms with van der Waals surface area (Å²) in [6.07, 6.45) is 4.33. The first-order valence-corrected chi connectivity index (χ1v) is 6.89. The largest absolute Gasteiger partial charge is 0.349 e. The number of imidazole rings is 1. The van der Waals surface area contributed by atoms with Gasteiger partial charge in [-0.25, -0.2) is 4.98 Å². The third-order valence-corrected chi connectivity index (χ3v) is 2.92. The van der Waals surface area contributed by atoms with Crippen LogP contribution in [0.3, 0.4) is 0 Å². The fourth-order valence-corrected chi connectivity index (χ4v) is 1.91. The quantitative estimate of drug-likeness (QED) is 0.753. The molecule has 0 bridgehead atoms. The van der Waals surface area contributed by atoms with Crippen LogP contribution in [-0.2, 0) is 0 Å². The minimum Gasteiger partial charge on any atom is -0.349 e. The highest BCUT2D eigenvalue weighted by Crippen LogP contribution is 2.10. The summed E-state index contributed by atoms with van der Waals surface area (Å²) in [5, 5.41) is 6.14. The van der Waals surface area contributed by atoms with E-state index in [2.05, 4.69) is 22.5 Å². The number of aromatic nitrogens is 2. The number of carbonyl (C=O) groups excluding carboxylic acids is 1. The molecule has 0 aliphatic carbocycles. The predicted octanol–water partition coefficient (Wildman–Crippen LogP) is 1.60. The Kier molecular flexibility index (Phi) is 5.32. The average molecular weight is 272 g/mol. The van der Waals surface area contributed by atoms with Gasteiger partial charge in [0.15, 0.2) is 0 Å². The van der Waals surface area contributed by atoms with Crippen LogP contribution in [0.1, 0.15) is 23.8 Å². The van der Waals surface area contributed by atoms with E-state index < -0.39 is 0 Å². The van der Waals surface area contributed by atoms with E-state index in [4.69, 9.17) is 0 Å². The molecule has 0 aliphatic rings. The van der Waals surface area contributed by atoms with Crippen molar-refractivity contribution in [2.24, 2.45) is 0 Å². The van der Waals surface area contributed by atoms with Crippen LogP contribution in [0.4, 0.5) is 0 Å². The minimum atomic E-state index is -0.107. The number of hydrogen-bond acceptors (Lipinski definition) is 3. The van der Waals surface area contributed by atoms with Crippen molar-refractivity contribution in [3.05, 3.63) is 48.5 Å². The van der Waals surface area contributed by atoms with Gasteiger partial charge in [0.2, 0.25) is 0 Å². The van der Waals surface area contributed by atoms with Crippen LogP contribution in [-0.4, -0.2) is 35.1 Å². The second kappa shape index (κ2) is 7.45. The summed E-state index contributed by atoms with van der Waals surface area (Å²) in [6, 6.07) is 9.71. The molecule has 1 heterocycles. The van der Waals surface area contributed by atoms with E-state index in [1.807, 2.05) is 30.3 Å². The van der Waals surface area contributed by atoms with Gasteiger partial charge in [-0.05, 0) is 25.1 Å². The van der Waals surface area contributed by atoms with E-state index in [9.17, 15) is 4.79 Å². The van der Waals surface area contributed by atoms with Crippen LogP contribution >= 0.6 is 0 Å². The van der Waals surface area contributed by atoms with Crippen molar-refractivity contribution in [2.45, 2.75) is 13.3 Å². The average Bonchev–Trinajstić information content (AvgIpc) is 2.97. The van der Waals surface area contributed by atoms with Crippen molar-refractivity contribution in [2.75, 3.05) is 19.6 Å². The normalized spacial score (nSPS) is 10.4. The molecule has 20 heavy (non-hydrogen) atoms. The van der Waals surface area contributed by atoms with Crippen molar-refractivity contribution < 1.29 is 4.79 Å². The van der Waals surface area contributed by atoms with Crippen LogP contribution in [0, 0.1) is 0 Å². The van der Waals surface area contributed by atoms with Gasteiger partial charge in [0.25, 0.3) is 5.91 Å². The summed E-state index contributed by atoms with van der Waals surface area (Å²) in [4.78, 5) is 16.2. The molecule has 0 unspecified atom stereocenters. The van der Waals surface area contributed by atoms with E-state index in [0.29, 0.717) is 12.2 Å². The van der Waals surface area contributed by atoms with Gasteiger partial charge in [0.05, 0.1) is 12.5 Å². The van der Waals surface area contributed by atoms with Crippen LogP contribution in [0.5, 0.6) is 0 Å². The maximum absolute atomic E-state index is 12.1. The zero-order valence-corrected chi connectivity index (χ0v) is 11.7. The molecule has 0 aliphatic heterocycles. The molecule has 1 amide bonds. The highest BCUT2D eigenvalue weighted by molar-refractivity contribution is 5.92. The number of benzene rings is 1. The molecule has 2 rings (SSSR count). The summed E-state index contributed by atoms with van der Waals surface area (Å²) in [7, 11) is 0. The molecule has 1 aromatic carbocycles. The molecule has 0 fully saturated rings. The number of carbonyl (C=O) groups is 1. The van der Waals surface area contributed by atoms with E-state index in [-0.39, 0.29) is 5.91 Å². The Morgan fingerprint density at radius 3 is 2.75 bits per heavy atom. The van der Waals surface area contributed by atoms with E-state index in [0.717, 1.165) is 25.2 Å². The maximum atomic E-state index is 12.1. The Hall–Kier alpha value is -2.14. The Bertz CT molecular complexity index is 536. The summed E-state index contributed by atoms with van der Waals surface area (Å²) in [5.74, 6) is -0.107. The van der Waals surface area contributed by atoms with Crippen molar-refractivity contribution in [1.29, 1.82) is 0 Å². The third-order valence-electron chi connectivity index (χ3n) is 2.92. The highest BCUT2D eigenvalue weighted by Gasteiger charge is 2.11. The highest BCUT2D eigenvalue weighted by atomic mass is 16.1. The Morgan fingerprint density at radius 2 is 2.00 bits per heavy atom. The fourth-order valence-electron chi connectivity index (χ4n) is 1.91.